The molecule has 11 heteroatoms. The Morgan fingerprint density at radius 3 is 2.36 bits per heavy atom. The summed E-state index contributed by atoms with van der Waals surface area (Å²) in [5.41, 5.74) is 5.17. The fraction of sp³-hybridized carbons (Fsp3) is 0.441. The van der Waals surface area contributed by atoms with Crippen LogP contribution in [0.2, 0.25) is 0 Å². The predicted molar refractivity (Wildman–Crippen MR) is 178 cm³/mol. The van der Waals surface area contributed by atoms with Gasteiger partial charge in [0.2, 0.25) is 5.36 Å². The van der Waals surface area contributed by atoms with Crippen molar-refractivity contribution in [3.05, 3.63) is 82.6 Å². The van der Waals surface area contributed by atoms with Crippen LogP contribution >= 0.6 is 0 Å². The van der Waals surface area contributed by atoms with E-state index in [2.05, 4.69) is 59.7 Å². The fourth-order valence-corrected chi connectivity index (χ4v) is 7.67. The highest BCUT2D eigenvalue weighted by Gasteiger charge is 2.40. The number of allylic oxidation sites excluding steroid dienone is 4. The van der Waals surface area contributed by atoms with Gasteiger partial charge in [0, 0.05) is 35.0 Å². The average Bonchev–Trinajstić information content (AvgIpc) is 3.07. The minimum absolute atomic E-state index is 0.173. The van der Waals surface area contributed by atoms with Crippen molar-refractivity contribution in [2.75, 3.05) is 30.3 Å². The van der Waals surface area contributed by atoms with Gasteiger partial charge in [-0.2, -0.15) is 16.8 Å². The largest absolute Gasteiger partial charge is 0.456 e. The number of benzene rings is 2. The van der Waals surface area contributed by atoms with E-state index in [4.69, 9.17) is 4.42 Å². The van der Waals surface area contributed by atoms with Crippen molar-refractivity contribution in [3.63, 3.8) is 0 Å². The molecule has 0 saturated carbocycles. The zero-order chi connectivity index (χ0) is 32.6. The highest BCUT2D eigenvalue weighted by molar-refractivity contribution is 7.86. The summed E-state index contributed by atoms with van der Waals surface area (Å²) in [6, 6.07) is 13.2. The van der Waals surface area contributed by atoms with Gasteiger partial charge >= 0.3 is 0 Å². The van der Waals surface area contributed by atoms with E-state index >= 15 is 0 Å². The van der Waals surface area contributed by atoms with E-state index in [1.807, 2.05) is 13.8 Å². The molecule has 0 atom stereocenters. The van der Waals surface area contributed by atoms with Crippen molar-refractivity contribution < 1.29 is 30.4 Å². The molecule has 1 aromatic rings. The first-order valence-electron chi connectivity index (χ1n) is 15.6. The van der Waals surface area contributed by atoms with Crippen molar-refractivity contribution in [1.82, 2.24) is 4.58 Å². The summed E-state index contributed by atoms with van der Waals surface area (Å²) >= 11 is 0. The first-order chi connectivity index (χ1) is 21.2. The Morgan fingerprint density at radius 2 is 1.67 bits per heavy atom. The fourth-order valence-electron chi connectivity index (χ4n) is 6.60. The quantitative estimate of drug-likeness (QED) is 0.126. The Kier molecular flexibility index (Phi) is 9.47. The average molecular weight is 656 g/mol. The second kappa shape index (κ2) is 12.9. The topological polar surface area (TPSA) is 128 Å². The third kappa shape index (κ3) is 7.11. The maximum absolute atomic E-state index is 12.0. The Bertz CT molecular complexity index is 1910. The van der Waals surface area contributed by atoms with Crippen LogP contribution < -0.4 is 14.8 Å². The summed E-state index contributed by atoms with van der Waals surface area (Å²) < 4.78 is 74.6. The lowest BCUT2D eigenvalue weighted by atomic mass is 9.83. The van der Waals surface area contributed by atoms with Crippen LogP contribution in [0, 0.1) is 0 Å². The number of hydrogen-bond donors (Lipinski definition) is 2. The molecule has 0 saturated heterocycles. The van der Waals surface area contributed by atoms with Crippen molar-refractivity contribution in [3.8, 4) is 11.3 Å². The molecular formula is C34H43N2O7S2+. The molecule has 0 radical (unpaired) electrons. The Morgan fingerprint density at radius 1 is 0.933 bits per heavy atom. The number of nitrogens with zero attached hydrogens (tertiary/aromatic N) is 2. The highest BCUT2D eigenvalue weighted by atomic mass is 32.2. The first-order valence-corrected chi connectivity index (χ1v) is 18.7. The van der Waals surface area contributed by atoms with Gasteiger partial charge in [0.15, 0.2) is 0 Å². The van der Waals surface area contributed by atoms with Gasteiger partial charge < -0.3 is 9.32 Å². The zero-order valence-electron chi connectivity index (χ0n) is 26.4. The number of rotatable bonds is 9. The molecule has 45 heavy (non-hydrogen) atoms. The van der Waals surface area contributed by atoms with E-state index in [-0.39, 0.29) is 17.1 Å². The van der Waals surface area contributed by atoms with Crippen LogP contribution in [0.25, 0.3) is 16.9 Å². The van der Waals surface area contributed by atoms with E-state index in [9.17, 15) is 25.9 Å². The number of anilines is 1. The summed E-state index contributed by atoms with van der Waals surface area (Å²) in [6.45, 7) is 10.6. The number of unbranched alkanes of at least 4 members (excludes halogenated alkanes) is 1. The molecule has 2 heterocycles. The molecule has 2 aliphatic carbocycles. The van der Waals surface area contributed by atoms with Crippen molar-refractivity contribution in [1.29, 1.82) is 0 Å². The summed E-state index contributed by atoms with van der Waals surface area (Å²) in [4.78, 5) is 1.91. The highest BCUT2D eigenvalue weighted by Crippen LogP contribution is 2.49. The van der Waals surface area contributed by atoms with Crippen LogP contribution in [0.3, 0.4) is 0 Å². The van der Waals surface area contributed by atoms with E-state index in [1.54, 1.807) is 6.07 Å². The van der Waals surface area contributed by atoms with Crippen LogP contribution in [0.15, 0.2) is 69.6 Å². The van der Waals surface area contributed by atoms with Gasteiger partial charge in [0.25, 0.3) is 20.2 Å². The van der Waals surface area contributed by atoms with Crippen molar-refractivity contribution >= 4 is 31.5 Å². The lowest BCUT2D eigenvalue weighted by Gasteiger charge is -2.27. The second-order valence-corrected chi connectivity index (χ2v) is 15.4. The molecule has 1 aromatic carbocycles. The van der Waals surface area contributed by atoms with E-state index in [0.29, 0.717) is 13.0 Å². The normalized spacial score (nSPS) is 18.3. The number of aryl methyl sites for hydroxylation is 1. The number of hydrogen-bond acceptors (Lipinski definition) is 6. The third-order valence-corrected chi connectivity index (χ3v) is 10.7. The van der Waals surface area contributed by atoms with E-state index < -0.39 is 25.7 Å². The van der Waals surface area contributed by atoms with E-state index in [1.165, 1.54) is 17.7 Å². The summed E-state index contributed by atoms with van der Waals surface area (Å²) in [5, 5.41) is 1.12. The molecular weight excluding hydrogens is 613 g/mol. The van der Waals surface area contributed by atoms with Crippen molar-refractivity contribution in [2.45, 2.75) is 76.5 Å². The SMILES string of the molecule is CC[N+](CC)=c1ccc2cc3c(oc-2c1)/C(=C/C=C1\N(CCCCS(=O)(=O)O)c2ccc(S(=O)(=O)O)cc2C1(C)C)CCCC3. The first kappa shape index (κ1) is 33.1. The summed E-state index contributed by atoms with van der Waals surface area (Å²) in [5.74, 6) is 1.39. The van der Waals surface area contributed by atoms with Gasteiger partial charge in [-0.1, -0.05) is 19.9 Å². The molecule has 2 N–H and O–H groups in total. The van der Waals surface area contributed by atoms with Gasteiger partial charge in [0.05, 0.1) is 16.7 Å². The van der Waals surface area contributed by atoms with Crippen LogP contribution in [0.1, 0.15) is 76.7 Å². The lowest BCUT2D eigenvalue weighted by Crippen LogP contribution is -2.29. The van der Waals surface area contributed by atoms with Crippen LogP contribution in [0.4, 0.5) is 5.69 Å². The van der Waals surface area contributed by atoms with Gasteiger partial charge in [-0.3, -0.25) is 9.11 Å². The molecule has 0 amide bonds. The summed E-state index contributed by atoms with van der Waals surface area (Å²) in [6.07, 6.45) is 8.76. The monoisotopic (exact) mass is 655 g/mol. The number of fused-ring (bicyclic) bond motifs is 3. The summed E-state index contributed by atoms with van der Waals surface area (Å²) in [7, 11) is -8.48. The van der Waals surface area contributed by atoms with Crippen LogP contribution in [0.5, 0.6) is 0 Å². The van der Waals surface area contributed by atoms with Crippen LogP contribution in [-0.4, -0.2) is 51.3 Å². The Balaban J connectivity index is 1.60. The molecule has 9 nitrogen and oxygen atoms in total. The van der Waals surface area contributed by atoms with Crippen molar-refractivity contribution in [2.24, 2.45) is 0 Å². The molecule has 0 spiro atoms. The second-order valence-electron chi connectivity index (χ2n) is 12.4. The molecule has 0 aromatic heterocycles. The lowest BCUT2D eigenvalue weighted by molar-refractivity contribution is 0.478. The maximum atomic E-state index is 12.0. The van der Waals surface area contributed by atoms with Gasteiger partial charge in [-0.15, -0.1) is 0 Å². The van der Waals surface area contributed by atoms with Gasteiger partial charge in [-0.05, 0) is 105 Å². The Hall–Kier alpha value is -3.25. The standard InChI is InChI=1S/C34H42N2O7S2/c1-5-35(6-2)27-15-13-25-21-26-12-8-7-11-24(33(26)43-31(25)22-27)14-18-32-34(3,4)29-23-28(45(40,41)42)16-17-30(29)36(32)19-9-10-20-44(37,38)39/h13-18,21-23H,5-12,19-20H2,1-4H3,(H-,37,38,39,40,41,42)/p+1. The minimum Gasteiger partial charge on any atom is -0.456 e. The van der Waals surface area contributed by atoms with Crippen LogP contribution in [-0.2, 0) is 32.1 Å². The minimum atomic E-state index is -4.40. The Labute approximate surface area is 266 Å². The molecule has 242 valence electrons. The van der Waals surface area contributed by atoms with Gasteiger partial charge in [0.1, 0.15) is 24.6 Å². The predicted octanol–water partition coefficient (Wildman–Crippen LogP) is 5.90. The molecule has 0 unspecified atom stereocenters. The smallest absolute Gasteiger partial charge is 0.294 e. The maximum Gasteiger partial charge on any atom is 0.294 e. The zero-order valence-corrected chi connectivity index (χ0v) is 28.0. The molecule has 5 rings (SSSR count). The molecule has 0 bridgehead atoms. The molecule has 0 fully saturated rings. The molecule has 4 aliphatic rings. The molecule has 2 aliphatic heterocycles. The van der Waals surface area contributed by atoms with Gasteiger partial charge in [-0.25, -0.2) is 4.58 Å². The third-order valence-electron chi connectivity index (χ3n) is 9.03. The van der Waals surface area contributed by atoms with E-state index in [0.717, 1.165) is 83.7 Å².